The van der Waals surface area contributed by atoms with Crippen LogP contribution in [-0.4, -0.2) is 11.9 Å². The molecule has 0 fully saturated rings. The van der Waals surface area contributed by atoms with Gasteiger partial charge in [-0.3, -0.25) is 4.79 Å². The third kappa shape index (κ3) is 1.14. The molecule has 0 N–H and O–H groups in total. The van der Waals surface area contributed by atoms with Crippen LogP contribution in [-0.2, 0) is 4.79 Å². The Balaban J connectivity index is 2.53. The molecule has 0 aromatic heterocycles. The number of amides is 1. The molecule has 0 saturated heterocycles. The van der Waals surface area contributed by atoms with E-state index in [2.05, 4.69) is 19.9 Å². The van der Waals surface area contributed by atoms with Crippen molar-refractivity contribution in [2.75, 3.05) is 4.90 Å². The van der Waals surface area contributed by atoms with E-state index >= 15 is 0 Å². The van der Waals surface area contributed by atoms with Gasteiger partial charge in [0.1, 0.15) is 0 Å². The van der Waals surface area contributed by atoms with Crippen LogP contribution < -0.4 is 4.90 Å². The summed E-state index contributed by atoms with van der Waals surface area (Å²) in [6.45, 7) is 5.91. The maximum Gasteiger partial charge on any atom is 0.224 e. The first kappa shape index (κ1) is 9.25. The molecule has 0 aliphatic carbocycles. The van der Waals surface area contributed by atoms with Crippen molar-refractivity contribution in [3.8, 4) is 0 Å². The quantitative estimate of drug-likeness (QED) is 0.614. The van der Waals surface area contributed by atoms with Gasteiger partial charge >= 0.3 is 0 Å². The summed E-state index contributed by atoms with van der Waals surface area (Å²) >= 11 is 0. The predicted octanol–water partition coefficient (Wildman–Crippen LogP) is 2.55. The number of hydrogen-bond acceptors (Lipinski definition) is 1. The third-order valence-electron chi connectivity index (χ3n) is 3.16. The zero-order valence-electron chi connectivity index (χ0n) is 8.82. The van der Waals surface area contributed by atoms with Crippen LogP contribution in [0.2, 0.25) is 0 Å². The SMILES string of the molecule is CC(=O)N1c2ccccc2[C@@H](C)[C@@H]1C. The molecule has 2 heteroatoms. The molecule has 2 rings (SSSR count). The minimum Gasteiger partial charge on any atom is -0.309 e. The molecule has 0 radical (unpaired) electrons. The van der Waals surface area contributed by atoms with Crippen molar-refractivity contribution < 1.29 is 4.79 Å². The van der Waals surface area contributed by atoms with E-state index < -0.39 is 0 Å². The number of benzene rings is 1. The van der Waals surface area contributed by atoms with E-state index in [-0.39, 0.29) is 11.9 Å². The molecule has 0 saturated carbocycles. The first-order valence-corrected chi connectivity index (χ1v) is 5.01. The average molecular weight is 189 g/mol. The Hall–Kier alpha value is -1.31. The van der Waals surface area contributed by atoms with Crippen molar-refractivity contribution in [1.82, 2.24) is 0 Å². The summed E-state index contributed by atoms with van der Waals surface area (Å²) in [6.07, 6.45) is 0. The molecule has 74 valence electrons. The molecule has 0 spiro atoms. The molecule has 14 heavy (non-hydrogen) atoms. The largest absolute Gasteiger partial charge is 0.309 e. The van der Waals surface area contributed by atoms with E-state index in [4.69, 9.17) is 0 Å². The topological polar surface area (TPSA) is 20.3 Å². The Labute approximate surface area is 84.5 Å². The predicted molar refractivity (Wildman–Crippen MR) is 57.5 cm³/mol. The zero-order chi connectivity index (χ0) is 10.3. The van der Waals surface area contributed by atoms with Gasteiger partial charge in [0.15, 0.2) is 0 Å². The standard InChI is InChI=1S/C12H15NO/c1-8-9(2)13(10(3)14)12-7-5-4-6-11(8)12/h4-9H,1-3H3/t8-,9-/m0/s1. The molecule has 1 aromatic rings. The van der Waals surface area contributed by atoms with Gasteiger partial charge in [-0.05, 0) is 18.6 Å². The molecule has 2 nitrogen and oxygen atoms in total. The van der Waals surface area contributed by atoms with E-state index in [0.29, 0.717) is 5.92 Å². The van der Waals surface area contributed by atoms with Crippen LogP contribution in [0.25, 0.3) is 0 Å². The van der Waals surface area contributed by atoms with Crippen LogP contribution in [0.1, 0.15) is 32.3 Å². The average Bonchev–Trinajstić information content (AvgIpc) is 2.41. The number of hydrogen-bond donors (Lipinski definition) is 0. The van der Waals surface area contributed by atoms with Crippen molar-refractivity contribution in [2.24, 2.45) is 0 Å². The summed E-state index contributed by atoms with van der Waals surface area (Å²) in [5, 5.41) is 0. The van der Waals surface area contributed by atoms with Gasteiger partial charge in [-0.25, -0.2) is 0 Å². The van der Waals surface area contributed by atoms with Crippen molar-refractivity contribution >= 4 is 11.6 Å². The Morgan fingerprint density at radius 3 is 2.57 bits per heavy atom. The molecule has 1 aliphatic heterocycles. The van der Waals surface area contributed by atoms with Crippen molar-refractivity contribution in [3.63, 3.8) is 0 Å². The number of nitrogens with zero attached hydrogens (tertiary/aromatic N) is 1. The van der Waals surface area contributed by atoms with E-state index in [1.807, 2.05) is 23.1 Å². The van der Waals surface area contributed by atoms with E-state index in [1.165, 1.54) is 5.56 Å². The highest BCUT2D eigenvalue weighted by Crippen LogP contribution is 2.40. The molecule has 2 atom stereocenters. The Morgan fingerprint density at radius 1 is 1.29 bits per heavy atom. The number of fused-ring (bicyclic) bond motifs is 1. The summed E-state index contributed by atoms with van der Waals surface area (Å²) in [4.78, 5) is 13.4. The van der Waals surface area contributed by atoms with Gasteiger partial charge in [0.2, 0.25) is 5.91 Å². The lowest BCUT2D eigenvalue weighted by Gasteiger charge is -2.22. The van der Waals surface area contributed by atoms with Crippen molar-refractivity contribution in [3.05, 3.63) is 29.8 Å². The van der Waals surface area contributed by atoms with Crippen LogP contribution in [0.5, 0.6) is 0 Å². The van der Waals surface area contributed by atoms with Gasteiger partial charge in [0.25, 0.3) is 0 Å². The lowest BCUT2D eigenvalue weighted by molar-refractivity contribution is -0.116. The third-order valence-corrected chi connectivity index (χ3v) is 3.16. The summed E-state index contributed by atoms with van der Waals surface area (Å²) in [5.41, 5.74) is 2.37. The zero-order valence-corrected chi connectivity index (χ0v) is 8.82. The lowest BCUT2D eigenvalue weighted by Crippen LogP contribution is -2.34. The van der Waals surface area contributed by atoms with Gasteiger partial charge in [-0.2, -0.15) is 0 Å². The Kier molecular flexibility index (Phi) is 2.06. The van der Waals surface area contributed by atoms with Gasteiger partial charge in [0.05, 0.1) is 0 Å². The molecule has 0 unspecified atom stereocenters. The van der Waals surface area contributed by atoms with Crippen LogP contribution in [0.4, 0.5) is 5.69 Å². The van der Waals surface area contributed by atoms with Crippen LogP contribution in [0.3, 0.4) is 0 Å². The summed E-state index contributed by atoms with van der Waals surface area (Å²) in [5.74, 6) is 0.574. The fourth-order valence-corrected chi connectivity index (χ4v) is 2.25. The number of rotatable bonds is 0. The normalized spacial score (nSPS) is 24.9. The minimum absolute atomic E-state index is 0.134. The Morgan fingerprint density at radius 2 is 1.93 bits per heavy atom. The highest BCUT2D eigenvalue weighted by Gasteiger charge is 2.34. The van der Waals surface area contributed by atoms with Crippen molar-refractivity contribution in [1.29, 1.82) is 0 Å². The maximum absolute atomic E-state index is 11.5. The highest BCUT2D eigenvalue weighted by molar-refractivity contribution is 5.94. The highest BCUT2D eigenvalue weighted by atomic mass is 16.2. The molecule has 1 amide bonds. The minimum atomic E-state index is 0.134. The first-order valence-electron chi connectivity index (χ1n) is 5.01. The summed E-state index contributed by atoms with van der Waals surface area (Å²) < 4.78 is 0. The smallest absolute Gasteiger partial charge is 0.224 e. The first-order chi connectivity index (χ1) is 6.63. The molecule has 1 heterocycles. The molecular formula is C12H15NO. The van der Waals surface area contributed by atoms with Gasteiger partial charge in [-0.1, -0.05) is 25.1 Å². The van der Waals surface area contributed by atoms with Gasteiger partial charge in [0, 0.05) is 24.6 Å². The molecule has 1 aliphatic rings. The van der Waals surface area contributed by atoms with Crippen LogP contribution in [0.15, 0.2) is 24.3 Å². The van der Waals surface area contributed by atoms with E-state index in [9.17, 15) is 4.79 Å². The number of para-hydroxylation sites is 1. The fourth-order valence-electron chi connectivity index (χ4n) is 2.25. The second-order valence-corrected chi connectivity index (χ2v) is 3.98. The van der Waals surface area contributed by atoms with Gasteiger partial charge in [-0.15, -0.1) is 0 Å². The fraction of sp³-hybridized carbons (Fsp3) is 0.417. The summed E-state index contributed by atoms with van der Waals surface area (Å²) in [6, 6.07) is 8.44. The van der Waals surface area contributed by atoms with E-state index in [1.54, 1.807) is 6.92 Å². The Bertz CT molecular complexity index is 372. The second-order valence-electron chi connectivity index (χ2n) is 3.98. The van der Waals surface area contributed by atoms with Crippen LogP contribution >= 0.6 is 0 Å². The number of carbonyl (C=O) groups excluding carboxylic acids is 1. The second kappa shape index (κ2) is 3.12. The van der Waals surface area contributed by atoms with Crippen LogP contribution in [0, 0.1) is 0 Å². The number of anilines is 1. The lowest BCUT2D eigenvalue weighted by atomic mass is 9.98. The molecule has 0 bridgehead atoms. The maximum atomic E-state index is 11.5. The molecule has 1 aromatic carbocycles. The summed E-state index contributed by atoms with van der Waals surface area (Å²) in [7, 11) is 0. The number of carbonyl (C=O) groups is 1. The van der Waals surface area contributed by atoms with Crippen molar-refractivity contribution in [2.45, 2.75) is 32.7 Å². The van der Waals surface area contributed by atoms with Gasteiger partial charge < -0.3 is 4.90 Å². The monoisotopic (exact) mass is 189 g/mol. The molecular weight excluding hydrogens is 174 g/mol. The van der Waals surface area contributed by atoms with E-state index in [0.717, 1.165) is 5.69 Å².